The van der Waals surface area contributed by atoms with Crippen molar-refractivity contribution >= 4 is 5.78 Å². The van der Waals surface area contributed by atoms with E-state index in [9.17, 15) is 4.79 Å². The quantitative estimate of drug-likeness (QED) is 0.589. The van der Waals surface area contributed by atoms with Crippen LogP contribution in [0.1, 0.15) is 45.4 Å². The van der Waals surface area contributed by atoms with Crippen LogP contribution in [0.15, 0.2) is 12.2 Å². The third-order valence-electron chi connectivity index (χ3n) is 2.64. The Morgan fingerprint density at radius 2 is 2.08 bits per heavy atom. The molecule has 0 heterocycles. The second kappa shape index (κ2) is 5.13. The van der Waals surface area contributed by atoms with Gasteiger partial charge in [-0.15, -0.1) is 0 Å². The molecular weight excluding hydrogens is 148 g/mol. The van der Waals surface area contributed by atoms with Gasteiger partial charge in [-0.1, -0.05) is 12.2 Å². The molecule has 68 valence electrons. The van der Waals surface area contributed by atoms with Crippen molar-refractivity contribution in [1.29, 1.82) is 0 Å². The third-order valence-corrected chi connectivity index (χ3v) is 2.64. The van der Waals surface area contributed by atoms with Gasteiger partial charge in [0.05, 0.1) is 0 Å². The van der Waals surface area contributed by atoms with Gasteiger partial charge in [-0.2, -0.15) is 0 Å². The van der Waals surface area contributed by atoms with Crippen LogP contribution in [0.2, 0.25) is 0 Å². The van der Waals surface area contributed by atoms with Crippen LogP contribution in [-0.4, -0.2) is 5.78 Å². The minimum Gasteiger partial charge on any atom is -0.300 e. The highest BCUT2D eigenvalue weighted by Crippen LogP contribution is 2.25. The van der Waals surface area contributed by atoms with Gasteiger partial charge in [-0.05, 0) is 38.5 Å². The first-order valence-corrected chi connectivity index (χ1v) is 4.95. The smallest absolute Gasteiger partial charge is 0.132 e. The van der Waals surface area contributed by atoms with E-state index in [4.69, 9.17) is 0 Å². The average Bonchev–Trinajstić information content (AvgIpc) is 2.09. The fourth-order valence-electron chi connectivity index (χ4n) is 1.79. The van der Waals surface area contributed by atoms with E-state index in [1.807, 2.05) is 0 Å². The number of carbonyl (C=O) groups is 1. The van der Waals surface area contributed by atoms with E-state index in [-0.39, 0.29) is 0 Å². The summed E-state index contributed by atoms with van der Waals surface area (Å²) in [5.74, 6) is 1.29. The van der Waals surface area contributed by atoms with E-state index < -0.39 is 0 Å². The van der Waals surface area contributed by atoms with Crippen molar-refractivity contribution in [3.63, 3.8) is 0 Å². The lowest BCUT2D eigenvalue weighted by Gasteiger charge is -2.19. The first kappa shape index (κ1) is 9.50. The Morgan fingerprint density at radius 3 is 2.67 bits per heavy atom. The highest BCUT2D eigenvalue weighted by Gasteiger charge is 2.17. The first-order valence-electron chi connectivity index (χ1n) is 4.95. The van der Waals surface area contributed by atoms with Crippen molar-refractivity contribution in [2.24, 2.45) is 5.92 Å². The standard InChI is InChI=1S/C11H18O/c1-2-3-4-5-10-6-8-11(12)9-7-10/h2-3,10H,4-9H2,1H3/b3-2+. The Hall–Kier alpha value is -0.590. The van der Waals surface area contributed by atoms with Crippen LogP contribution >= 0.6 is 0 Å². The van der Waals surface area contributed by atoms with Gasteiger partial charge in [0, 0.05) is 12.8 Å². The zero-order chi connectivity index (χ0) is 8.81. The monoisotopic (exact) mass is 166 g/mol. The van der Waals surface area contributed by atoms with Crippen molar-refractivity contribution in [1.82, 2.24) is 0 Å². The molecule has 1 rings (SSSR count). The van der Waals surface area contributed by atoms with Crippen molar-refractivity contribution < 1.29 is 4.79 Å². The summed E-state index contributed by atoms with van der Waals surface area (Å²) in [5, 5.41) is 0. The zero-order valence-corrected chi connectivity index (χ0v) is 7.88. The summed E-state index contributed by atoms with van der Waals surface area (Å²) >= 11 is 0. The molecule has 1 aliphatic carbocycles. The third kappa shape index (κ3) is 3.21. The highest BCUT2D eigenvalue weighted by molar-refractivity contribution is 5.78. The van der Waals surface area contributed by atoms with E-state index in [0.717, 1.165) is 31.6 Å². The number of ketones is 1. The van der Waals surface area contributed by atoms with Crippen molar-refractivity contribution in [3.05, 3.63) is 12.2 Å². The molecular formula is C11H18O. The maximum absolute atomic E-state index is 10.9. The normalized spacial score (nSPS) is 20.6. The molecule has 0 N–H and O–H groups in total. The van der Waals surface area contributed by atoms with Crippen LogP contribution in [-0.2, 0) is 4.79 Å². The lowest BCUT2D eigenvalue weighted by molar-refractivity contribution is -0.121. The summed E-state index contributed by atoms with van der Waals surface area (Å²) in [6.45, 7) is 2.06. The molecule has 0 atom stereocenters. The van der Waals surface area contributed by atoms with E-state index >= 15 is 0 Å². The zero-order valence-electron chi connectivity index (χ0n) is 7.88. The van der Waals surface area contributed by atoms with Crippen molar-refractivity contribution in [3.8, 4) is 0 Å². The number of allylic oxidation sites excluding steroid dienone is 2. The van der Waals surface area contributed by atoms with Crippen LogP contribution in [0.25, 0.3) is 0 Å². The Morgan fingerprint density at radius 1 is 1.42 bits per heavy atom. The van der Waals surface area contributed by atoms with Gasteiger partial charge in [-0.25, -0.2) is 0 Å². The maximum Gasteiger partial charge on any atom is 0.132 e. The Balaban J connectivity index is 2.13. The summed E-state index contributed by atoms with van der Waals surface area (Å²) in [6, 6.07) is 0. The highest BCUT2D eigenvalue weighted by atomic mass is 16.1. The van der Waals surface area contributed by atoms with Gasteiger partial charge in [0.25, 0.3) is 0 Å². The Bertz CT molecular complexity index is 160. The number of Topliss-reactive ketones (excluding diaryl/α,β-unsaturated/α-hetero) is 1. The van der Waals surface area contributed by atoms with E-state index in [0.29, 0.717) is 5.78 Å². The molecule has 0 bridgehead atoms. The second-order valence-corrected chi connectivity index (χ2v) is 3.63. The molecule has 0 unspecified atom stereocenters. The molecule has 1 heteroatoms. The lowest BCUT2D eigenvalue weighted by Crippen LogP contribution is -2.13. The molecule has 0 radical (unpaired) electrons. The molecule has 0 aromatic carbocycles. The number of carbonyl (C=O) groups excluding carboxylic acids is 1. The summed E-state index contributed by atoms with van der Waals surface area (Å²) in [6.07, 6.45) is 10.7. The molecule has 1 saturated carbocycles. The number of hydrogen-bond acceptors (Lipinski definition) is 1. The fraction of sp³-hybridized carbons (Fsp3) is 0.727. The van der Waals surface area contributed by atoms with Gasteiger partial charge in [0.15, 0.2) is 0 Å². The van der Waals surface area contributed by atoms with Gasteiger partial charge in [0.1, 0.15) is 5.78 Å². The molecule has 0 spiro atoms. The molecule has 0 amide bonds. The van der Waals surface area contributed by atoms with Crippen LogP contribution in [0.5, 0.6) is 0 Å². The molecule has 1 fully saturated rings. The Labute approximate surface area is 74.9 Å². The van der Waals surface area contributed by atoms with E-state index in [1.165, 1.54) is 12.8 Å². The van der Waals surface area contributed by atoms with Gasteiger partial charge < -0.3 is 0 Å². The van der Waals surface area contributed by atoms with Crippen molar-refractivity contribution in [2.75, 3.05) is 0 Å². The largest absolute Gasteiger partial charge is 0.300 e. The lowest BCUT2D eigenvalue weighted by atomic mass is 9.85. The molecule has 0 aromatic rings. The van der Waals surface area contributed by atoms with Gasteiger partial charge >= 0.3 is 0 Å². The number of hydrogen-bond donors (Lipinski definition) is 0. The molecule has 0 aromatic heterocycles. The van der Waals surface area contributed by atoms with E-state index in [2.05, 4.69) is 19.1 Å². The van der Waals surface area contributed by atoms with Crippen LogP contribution in [0, 0.1) is 5.92 Å². The van der Waals surface area contributed by atoms with Crippen LogP contribution in [0.3, 0.4) is 0 Å². The molecule has 12 heavy (non-hydrogen) atoms. The molecule has 1 aliphatic rings. The summed E-state index contributed by atoms with van der Waals surface area (Å²) in [5.41, 5.74) is 0. The minimum atomic E-state index is 0.470. The SMILES string of the molecule is C/C=C/CCC1CCC(=O)CC1. The average molecular weight is 166 g/mol. The van der Waals surface area contributed by atoms with Gasteiger partial charge in [-0.3, -0.25) is 4.79 Å². The fourth-order valence-corrected chi connectivity index (χ4v) is 1.79. The van der Waals surface area contributed by atoms with E-state index in [1.54, 1.807) is 0 Å². The summed E-state index contributed by atoms with van der Waals surface area (Å²) in [4.78, 5) is 10.9. The van der Waals surface area contributed by atoms with Crippen LogP contribution < -0.4 is 0 Å². The van der Waals surface area contributed by atoms with Crippen molar-refractivity contribution in [2.45, 2.75) is 45.4 Å². The Kier molecular flexibility index (Phi) is 4.06. The van der Waals surface area contributed by atoms with Gasteiger partial charge in [0.2, 0.25) is 0 Å². The maximum atomic E-state index is 10.9. The molecule has 0 aliphatic heterocycles. The molecule has 1 nitrogen and oxygen atoms in total. The van der Waals surface area contributed by atoms with Crippen LogP contribution in [0.4, 0.5) is 0 Å². The summed E-state index contributed by atoms with van der Waals surface area (Å²) < 4.78 is 0. The second-order valence-electron chi connectivity index (χ2n) is 3.63. The molecule has 0 saturated heterocycles. The predicted molar refractivity (Wildman–Crippen MR) is 51.0 cm³/mol. The number of rotatable bonds is 3. The minimum absolute atomic E-state index is 0.470. The summed E-state index contributed by atoms with van der Waals surface area (Å²) in [7, 11) is 0. The topological polar surface area (TPSA) is 17.1 Å². The predicted octanol–water partition coefficient (Wildman–Crippen LogP) is 3.10. The first-order chi connectivity index (χ1) is 5.83.